The number of aromatic nitrogens is 10. The van der Waals surface area contributed by atoms with Crippen LogP contribution in [0.5, 0.6) is 0 Å². The molecule has 4 fully saturated rings. The number of anilines is 3. The average Bonchev–Trinajstić information content (AvgIpc) is 1.61. The molecule has 0 radical (unpaired) electrons. The summed E-state index contributed by atoms with van der Waals surface area (Å²) in [5.74, 6) is 0.0875. The van der Waals surface area contributed by atoms with Crippen molar-refractivity contribution in [3.8, 4) is 0 Å². The highest BCUT2D eigenvalue weighted by molar-refractivity contribution is 7.68. The number of fused-ring (bicyclic) bond motifs is 2. The zero-order valence-corrected chi connectivity index (χ0v) is 82.5. The number of nitrogen functional groups attached to an aromatic ring is 3. The lowest BCUT2D eigenvalue weighted by molar-refractivity contribution is -0.0526. The first kappa shape index (κ1) is 119. The molecule has 20 atom stereocenters. The summed E-state index contributed by atoms with van der Waals surface area (Å²) in [6.07, 6.45) is -2.74. The van der Waals surface area contributed by atoms with Gasteiger partial charge in [-0.05, 0) is 27.7 Å². The van der Waals surface area contributed by atoms with E-state index in [2.05, 4.69) is 82.5 Å². The molecule has 6 aromatic heterocycles. The van der Waals surface area contributed by atoms with Crippen LogP contribution in [-0.2, 0) is 191 Å². The second kappa shape index (κ2) is 49.8. The number of methoxy groups -OCH3 is 4. The van der Waals surface area contributed by atoms with Gasteiger partial charge < -0.3 is 161 Å². The van der Waals surface area contributed by atoms with Gasteiger partial charge in [-0.3, -0.25) is 46.8 Å². The van der Waals surface area contributed by atoms with E-state index in [1.807, 2.05) is 6.92 Å². The monoisotopic (exact) mass is 2220 g/mol. The maximum atomic E-state index is 12.5. The second-order valence-electron chi connectivity index (χ2n) is 27.5. The predicted molar refractivity (Wildman–Crippen MR) is 449 cm³/mol. The predicted octanol–water partition coefficient (Wildman–Crippen LogP) is 1.41. The van der Waals surface area contributed by atoms with Crippen LogP contribution < -0.4 is 39.7 Å². The highest BCUT2D eigenvalue weighted by Crippen LogP contribution is 2.70. The van der Waals surface area contributed by atoms with Gasteiger partial charge in [0, 0.05) is 122 Å². The van der Waals surface area contributed by atoms with E-state index in [-0.39, 0.29) is 86.3 Å². The van der Waals surface area contributed by atoms with Crippen LogP contribution in [0.2, 0.25) is 0 Å². The molecule has 4 aliphatic rings. The van der Waals surface area contributed by atoms with Gasteiger partial charge in [0.2, 0.25) is 5.95 Å². The number of rotatable bonds is 48. The molecule has 0 spiro atoms. The molecule has 6 aromatic rings. The minimum Gasteiger partial charge on any atom is -0.383 e. The van der Waals surface area contributed by atoms with Gasteiger partial charge in [0.25, 0.3) is 11.1 Å². The van der Waals surface area contributed by atoms with Gasteiger partial charge in [-0.1, -0.05) is 0 Å². The van der Waals surface area contributed by atoms with Crippen molar-refractivity contribution >= 4 is 134 Å². The van der Waals surface area contributed by atoms with Crippen molar-refractivity contribution in [3.05, 3.63) is 95.0 Å². The summed E-state index contributed by atoms with van der Waals surface area (Å²) in [6.45, 7) is 6.20. The Bertz CT molecular complexity index is 6000. The summed E-state index contributed by atoms with van der Waals surface area (Å²) < 4.78 is 255. The van der Waals surface area contributed by atoms with Crippen LogP contribution >= 0.6 is 93.9 Å². The fourth-order valence-electron chi connectivity index (χ4n) is 12.6. The zero-order chi connectivity index (χ0) is 103. The minimum absolute atomic E-state index is 0.0183. The standard InChI is InChI=1S/C15H25N4O14P3.C15H25N4O13P3.C13H24N3O14P3.C13H23N2O15P3/c1-3-29-6-8-5-19(13-12(8)14(20)18-15(16)17-13)11-4-9(28-2)10(31-11)7-30-35(24,25)33-36(26,27)32-34(21,22)23;1-3-28-6-9-5-19(15-13(9)14(16)17-8-18-15)12-4-10(27-2)11(30-12)7-29-34(23,24)32-35(25,26)31-33(20,21)22;1-3-26-6-8-5-16(13(17)15-12(8)14)11-4-9(25-2)10(28-11)7-27-32(21,22)30-33(23,24)29-31(18,19)20;1-3-26-6-8-5-15(13(17)14-12(8)16)11-4-9(25-2)10(28-11)7-27-32(21,22)30-33(23,24)29-31(18,19)20/h5,9-11H,3-4,6-7H2,1-2H3,(H,24,25)(H,26,27)(H2,21,22,23)(H3,16,17,18,20);5,8,10-12H,3-4,6-7H2,1-2H3,(H,23,24)(H,25,26)(H2,16,17,18)(H2,20,21,22);5,9-11H,3-4,6-7H2,1-2H3,(H,21,22)(H,23,24)(H2,14,15,17)(H2,18,19,20);5,9-11H,3-4,6-7H2,1-2H3,(H,21,22)(H,23,24)(H,14,16,17)(H2,18,19,20)/t9?,10-,11-;10?,11-,12-;2*9?,10-,11-/m1111/s1. The van der Waals surface area contributed by atoms with Crippen molar-refractivity contribution in [1.82, 2.24) is 48.2 Å². The summed E-state index contributed by atoms with van der Waals surface area (Å²) in [7, 11) is -60.8. The van der Waals surface area contributed by atoms with Gasteiger partial charge in [0.1, 0.15) is 72.9 Å². The van der Waals surface area contributed by atoms with E-state index in [1.54, 1.807) is 37.7 Å². The van der Waals surface area contributed by atoms with Gasteiger partial charge in [0.05, 0.1) is 93.6 Å². The van der Waals surface area contributed by atoms with Crippen LogP contribution in [0.4, 0.5) is 17.6 Å². The molecule has 4 saturated heterocycles. The first-order valence-electron chi connectivity index (χ1n) is 38.1. The summed E-state index contributed by atoms with van der Waals surface area (Å²) in [6, 6.07) is 0. The third-order valence-electron chi connectivity index (χ3n) is 17.9. The smallest absolute Gasteiger partial charge is 0.383 e. The number of nitrogens with two attached hydrogens (primary N) is 3. The third-order valence-corrected chi connectivity index (χ3v) is 33.1. The van der Waals surface area contributed by atoms with E-state index in [0.717, 1.165) is 9.13 Å². The van der Waals surface area contributed by atoms with Gasteiger partial charge in [-0.25, -0.2) is 74.3 Å². The van der Waals surface area contributed by atoms with Crippen LogP contribution in [0.15, 0.2) is 50.3 Å². The number of hydrogen-bond acceptors (Lipinski definition) is 47. The first-order valence-corrected chi connectivity index (χ1v) is 56.2. The maximum Gasteiger partial charge on any atom is 0.490 e. The van der Waals surface area contributed by atoms with Crippen LogP contribution in [0.1, 0.15) is 101 Å². The maximum absolute atomic E-state index is 12.5. The Labute approximate surface area is 768 Å². The molecule has 81 heteroatoms. The molecule has 69 nitrogen and oxygen atoms in total. The SMILES string of the molecule is CCOCc1cn([C@H]2CC(OC)[C@@H](COP(=O)(O)OP(=O)(O)OP(=O)(O)O)O2)c(=O)[nH]c1=O.CCOCc1cn([C@H]2CC(OC)[C@@H](COP(=O)(O)OP(=O)(O)OP(=O)(O)O)O2)c(=O)nc1N.CCOCc1cn([C@H]2CC(OC)[C@@H](COP(=O)(O)OP(=O)(O)OP(=O)(O)O)O2)c2nc(N)[nH]c(=O)c12.CCOCc1cn([C@H]2CC(OC)[C@@H](COP(=O)(O)OP(=O)(O)OP(=O)(O)O)O2)c2ncnc(N)c12. The molecule has 10 heterocycles. The van der Waals surface area contributed by atoms with Gasteiger partial charge >= 0.3 is 105 Å². The number of ether oxygens (including phenoxy) is 12. The Morgan fingerprint density at radius 1 is 0.358 bits per heavy atom. The molecular weight excluding hydrogens is 2120 g/mol. The van der Waals surface area contributed by atoms with Gasteiger partial charge in [-0.2, -0.15) is 44.5 Å². The van der Waals surface area contributed by atoms with Gasteiger partial charge in [-0.15, -0.1) is 0 Å². The third kappa shape index (κ3) is 37.6. The molecule has 10 rings (SSSR count). The Morgan fingerprint density at radius 2 is 0.657 bits per heavy atom. The molecule has 0 saturated carbocycles. The molecule has 0 aliphatic carbocycles. The largest absolute Gasteiger partial charge is 0.490 e. The molecular formula is C56H97N13O56P12. The molecule has 24 N–H and O–H groups in total. The molecule has 0 bridgehead atoms. The van der Waals surface area contributed by atoms with Crippen molar-refractivity contribution in [2.24, 2.45) is 0 Å². The number of aromatic amines is 2. The fraction of sp³-hybridized carbons (Fsp3) is 0.643. The lowest BCUT2D eigenvalue weighted by Gasteiger charge is -2.20. The summed E-state index contributed by atoms with van der Waals surface area (Å²) in [4.78, 5) is 214. The van der Waals surface area contributed by atoms with E-state index in [9.17, 15) is 113 Å². The van der Waals surface area contributed by atoms with Crippen molar-refractivity contribution in [3.63, 3.8) is 0 Å². The number of hydrogen-bond donors (Lipinski definition) is 21. The quantitative estimate of drug-likeness (QED) is 0.0240. The fourth-order valence-corrected chi connectivity index (χ4v) is 24.7. The first-order chi connectivity index (χ1) is 63.2. The van der Waals surface area contributed by atoms with E-state index >= 15 is 0 Å². The topological polar surface area (TPSA) is 999 Å². The normalized spacial score (nSPS) is 24.6. The van der Waals surface area contributed by atoms with E-state index in [0.29, 0.717) is 54.2 Å². The highest BCUT2D eigenvalue weighted by Gasteiger charge is 2.50. The van der Waals surface area contributed by atoms with Crippen LogP contribution in [0.25, 0.3) is 22.1 Å². The lowest BCUT2D eigenvalue weighted by Crippen LogP contribution is -2.34. The number of H-pyrrole nitrogens is 2. The van der Waals surface area contributed by atoms with Crippen molar-refractivity contribution in [2.75, 3.05) is 98.5 Å². The van der Waals surface area contributed by atoms with E-state index in [1.165, 1.54) is 51.7 Å². The summed E-state index contributed by atoms with van der Waals surface area (Å²) in [5.41, 5.74) is 17.2. The number of phosphoric acid groups is 12. The van der Waals surface area contributed by atoms with Crippen LogP contribution in [0.3, 0.4) is 0 Å². The summed E-state index contributed by atoms with van der Waals surface area (Å²) >= 11 is 0. The minimum atomic E-state index is -5.67. The molecule has 0 aromatic carbocycles. The lowest BCUT2D eigenvalue weighted by atomic mass is 10.2. The Hall–Kier alpha value is -4.84. The molecule has 0 amide bonds. The summed E-state index contributed by atoms with van der Waals surface area (Å²) in [5, 5.41) is 0.808. The molecule has 137 heavy (non-hydrogen) atoms. The van der Waals surface area contributed by atoms with Crippen LogP contribution in [0, 0.1) is 0 Å². The second-order valence-corrected chi connectivity index (χ2v) is 45.2. The average molecular weight is 2220 g/mol. The van der Waals surface area contributed by atoms with Gasteiger partial charge in [0.15, 0.2) is 5.65 Å². The Balaban J connectivity index is 0.000000249. The highest BCUT2D eigenvalue weighted by atomic mass is 31.3. The zero-order valence-electron chi connectivity index (χ0n) is 71.8. The van der Waals surface area contributed by atoms with Crippen LogP contribution in [-0.4, -0.2) is 257 Å². The molecule has 4 aliphatic heterocycles. The van der Waals surface area contributed by atoms with Crippen molar-refractivity contribution in [1.29, 1.82) is 0 Å². The Morgan fingerprint density at radius 3 is 0.993 bits per heavy atom. The van der Waals surface area contributed by atoms with Crippen molar-refractivity contribution in [2.45, 2.75) is 154 Å². The van der Waals surface area contributed by atoms with Crippen molar-refractivity contribution < 1.29 is 242 Å². The number of phosphoric ester groups is 4. The number of nitrogens with one attached hydrogen (secondary N) is 2. The Kier molecular flexibility index (Phi) is 43.3. The molecule has 12 unspecified atom stereocenters. The van der Waals surface area contributed by atoms with E-state index < -0.39 is 217 Å². The molecule has 782 valence electrons. The number of nitrogens with zero attached hydrogens (tertiary/aromatic N) is 8. The van der Waals surface area contributed by atoms with E-state index in [4.69, 9.17) is 113 Å².